The van der Waals surface area contributed by atoms with E-state index < -0.39 is 17.7 Å². The van der Waals surface area contributed by atoms with Gasteiger partial charge in [0.2, 0.25) is 0 Å². The van der Waals surface area contributed by atoms with Crippen LogP contribution in [0.25, 0.3) is 5.76 Å². The zero-order valence-electron chi connectivity index (χ0n) is 20.0. The van der Waals surface area contributed by atoms with Crippen LogP contribution in [0.15, 0.2) is 72.3 Å². The van der Waals surface area contributed by atoms with Gasteiger partial charge in [0.25, 0.3) is 11.7 Å². The van der Waals surface area contributed by atoms with E-state index in [1.165, 1.54) is 4.90 Å². The first-order valence-corrected chi connectivity index (χ1v) is 11.0. The number of methoxy groups -OCH3 is 1. The summed E-state index contributed by atoms with van der Waals surface area (Å²) in [5.74, 6) is -0.915. The van der Waals surface area contributed by atoms with Crippen molar-refractivity contribution in [1.29, 1.82) is 0 Å². The molecule has 4 rings (SSSR count). The Kier molecular flexibility index (Phi) is 6.16. The predicted molar refractivity (Wildman–Crippen MR) is 134 cm³/mol. The standard InChI is InChI=1S/C28H28N2O4/c1-17-7-6-8-19(15-17)25-24(26(31)20-9-14-23(34-5)18(2)16-20)27(32)28(33)30(25)22-12-10-21(11-13-22)29(3)4/h6-16,25,31H,1-5H3/b26-24-. The molecule has 1 fully saturated rings. The SMILES string of the molecule is COc1ccc(/C(O)=C2/C(=O)C(=O)N(c3ccc(N(C)C)cc3)C2c2cccc(C)c2)cc1C. The summed E-state index contributed by atoms with van der Waals surface area (Å²) in [7, 11) is 5.45. The van der Waals surface area contributed by atoms with E-state index in [1.807, 2.05) is 81.4 Å². The van der Waals surface area contributed by atoms with Crippen LogP contribution >= 0.6 is 0 Å². The number of Topliss-reactive ketones (excluding diaryl/α,β-unsaturated/α-hetero) is 1. The highest BCUT2D eigenvalue weighted by molar-refractivity contribution is 6.51. The van der Waals surface area contributed by atoms with Crippen LogP contribution in [0.3, 0.4) is 0 Å². The quantitative estimate of drug-likeness (QED) is 0.332. The van der Waals surface area contributed by atoms with Crippen LogP contribution in [-0.2, 0) is 9.59 Å². The van der Waals surface area contributed by atoms with Gasteiger partial charge in [-0.3, -0.25) is 14.5 Å². The number of aliphatic hydroxyl groups is 1. The van der Waals surface area contributed by atoms with Gasteiger partial charge in [-0.1, -0.05) is 29.8 Å². The van der Waals surface area contributed by atoms with E-state index in [0.717, 1.165) is 22.4 Å². The summed E-state index contributed by atoms with van der Waals surface area (Å²) in [4.78, 5) is 30.1. The minimum Gasteiger partial charge on any atom is -0.507 e. The molecule has 34 heavy (non-hydrogen) atoms. The summed E-state index contributed by atoms with van der Waals surface area (Å²) < 4.78 is 5.32. The van der Waals surface area contributed by atoms with E-state index in [4.69, 9.17) is 4.74 Å². The summed E-state index contributed by atoms with van der Waals surface area (Å²) in [5, 5.41) is 11.3. The predicted octanol–water partition coefficient (Wildman–Crippen LogP) is 5.00. The van der Waals surface area contributed by atoms with Crippen molar-refractivity contribution < 1.29 is 19.4 Å². The average molecular weight is 457 g/mol. The lowest BCUT2D eigenvalue weighted by atomic mass is 9.94. The molecule has 6 nitrogen and oxygen atoms in total. The lowest BCUT2D eigenvalue weighted by Gasteiger charge is -2.26. The van der Waals surface area contributed by atoms with E-state index in [2.05, 4.69) is 0 Å². The van der Waals surface area contributed by atoms with E-state index in [1.54, 1.807) is 25.3 Å². The third-order valence-electron chi connectivity index (χ3n) is 6.11. The molecule has 3 aromatic carbocycles. The molecule has 0 bridgehead atoms. The molecule has 0 radical (unpaired) electrons. The van der Waals surface area contributed by atoms with E-state index in [0.29, 0.717) is 17.0 Å². The topological polar surface area (TPSA) is 70.1 Å². The first-order valence-electron chi connectivity index (χ1n) is 11.0. The van der Waals surface area contributed by atoms with Crippen molar-refractivity contribution in [1.82, 2.24) is 0 Å². The second-order valence-electron chi connectivity index (χ2n) is 8.68. The van der Waals surface area contributed by atoms with Gasteiger partial charge < -0.3 is 14.7 Å². The largest absolute Gasteiger partial charge is 0.507 e. The molecule has 1 saturated heterocycles. The van der Waals surface area contributed by atoms with Crippen LogP contribution in [0, 0.1) is 13.8 Å². The zero-order chi connectivity index (χ0) is 24.6. The number of carbonyl (C=O) groups is 2. The van der Waals surface area contributed by atoms with E-state index in [9.17, 15) is 14.7 Å². The Hall–Kier alpha value is -4.06. The molecule has 0 aliphatic carbocycles. The van der Waals surface area contributed by atoms with Crippen molar-refractivity contribution in [2.24, 2.45) is 0 Å². The number of ketones is 1. The first-order chi connectivity index (χ1) is 16.2. The molecule has 1 heterocycles. The Morgan fingerprint density at radius 1 is 0.971 bits per heavy atom. The fourth-order valence-corrected chi connectivity index (χ4v) is 4.35. The average Bonchev–Trinajstić information content (AvgIpc) is 3.09. The van der Waals surface area contributed by atoms with Crippen molar-refractivity contribution in [2.45, 2.75) is 19.9 Å². The van der Waals surface area contributed by atoms with Crippen molar-refractivity contribution in [2.75, 3.05) is 31.0 Å². The van der Waals surface area contributed by atoms with Crippen molar-refractivity contribution in [3.8, 4) is 5.75 Å². The van der Waals surface area contributed by atoms with Gasteiger partial charge in [0, 0.05) is 31.0 Å². The molecular weight excluding hydrogens is 428 g/mol. The first kappa shape index (κ1) is 23.1. The minimum absolute atomic E-state index is 0.0665. The molecule has 0 aromatic heterocycles. The van der Waals surface area contributed by atoms with Gasteiger partial charge >= 0.3 is 0 Å². The van der Waals surface area contributed by atoms with Crippen LogP contribution in [0.1, 0.15) is 28.3 Å². The van der Waals surface area contributed by atoms with Crippen LogP contribution < -0.4 is 14.5 Å². The number of anilines is 2. The van der Waals surface area contributed by atoms with Crippen LogP contribution in [-0.4, -0.2) is 38.0 Å². The van der Waals surface area contributed by atoms with Gasteiger partial charge in [0.05, 0.1) is 18.7 Å². The highest BCUT2D eigenvalue weighted by Gasteiger charge is 2.47. The Bertz CT molecular complexity index is 1290. The summed E-state index contributed by atoms with van der Waals surface area (Å²) >= 11 is 0. The molecule has 174 valence electrons. The Morgan fingerprint density at radius 2 is 1.68 bits per heavy atom. The summed E-state index contributed by atoms with van der Waals surface area (Å²) in [6.07, 6.45) is 0. The fraction of sp³-hybridized carbons (Fsp3) is 0.214. The lowest BCUT2D eigenvalue weighted by molar-refractivity contribution is -0.132. The number of carbonyl (C=O) groups excluding carboxylic acids is 2. The third kappa shape index (κ3) is 4.03. The van der Waals surface area contributed by atoms with Gasteiger partial charge in [0.1, 0.15) is 11.5 Å². The number of amides is 1. The van der Waals surface area contributed by atoms with Crippen LogP contribution in [0.4, 0.5) is 11.4 Å². The molecule has 0 spiro atoms. The normalized spacial score (nSPS) is 17.2. The van der Waals surface area contributed by atoms with Gasteiger partial charge in [-0.2, -0.15) is 0 Å². The Balaban J connectivity index is 1.91. The molecule has 1 N–H and O–H groups in total. The number of benzene rings is 3. The smallest absolute Gasteiger partial charge is 0.300 e. The maximum absolute atomic E-state index is 13.3. The highest BCUT2D eigenvalue weighted by Crippen LogP contribution is 2.42. The van der Waals surface area contributed by atoms with Gasteiger partial charge in [-0.25, -0.2) is 0 Å². The molecule has 0 saturated carbocycles. The van der Waals surface area contributed by atoms with Crippen LogP contribution in [0.5, 0.6) is 5.75 Å². The summed E-state index contributed by atoms with van der Waals surface area (Å²) in [6, 6.07) is 19.5. The fourth-order valence-electron chi connectivity index (χ4n) is 4.35. The van der Waals surface area contributed by atoms with Gasteiger partial charge in [0.15, 0.2) is 0 Å². The molecule has 1 aliphatic heterocycles. The number of ether oxygens (including phenoxy) is 1. The van der Waals surface area contributed by atoms with Gasteiger partial charge in [-0.05, 0) is 67.4 Å². The number of aliphatic hydroxyl groups excluding tert-OH is 1. The number of aryl methyl sites for hydroxylation is 2. The monoisotopic (exact) mass is 456 g/mol. The summed E-state index contributed by atoms with van der Waals surface area (Å²) in [5.41, 5.74) is 4.64. The number of rotatable bonds is 5. The third-order valence-corrected chi connectivity index (χ3v) is 6.11. The molecule has 6 heteroatoms. The number of hydrogen-bond acceptors (Lipinski definition) is 5. The zero-order valence-corrected chi connectivity index (χ0v) is 20.0. The maximum atomic E-state index is 13.3. The maximum Gasteiger partial charge on any atom is 0.300 e. The second-order valence-corrected chi connectivity index (χ2v) is 8.68. The summed E-state index contributed by atoms with van der Waals surface area (Å²) in [6.45, 7) is 3.81. The molecule has 1 unspecified atom stereocenters. The Morgan fingerprint density at radius 3 is 2.26 bits per heavy atom. The number of hydrogen-bond donors (Lipinski definition) is 1. The highest BCUT2D eigenvalue weighted by atomic mass is 16.5. The molecule has 1 aliphatic rings. The molecular formula is C28H28N2O4. The van der Waals surface area contributed by atoms with E-state index >= 15 is 0 Å². The van der Waals surface area contributed by atoms with Crippen molar-refractivity contribution in [3.63, 3.8) is 0 Å². The van der Waals surface area contributed by atoms with Crippen LogP contribution in [0.2, 0.25) is 0 Å². The van der Waals surface area contributed by atoms with Crippen molar-refractivity contribution in [3.05, 3.63) is 94.6 Å². The Labute approximate surface area is 199 Å². The van der Waals surface area contributed by atoms with Crippen molar-refractivity contribution >= 4 is 28.8 Å². The molecule has 1 atom stereocenters. The number of nitrogens with zero attached hydrogens (tertiary/aromatic N) is 2. The lowest BCUT2D eigenvalue weighted by Crippen LogP contribution is -2.29. The van der Waals surface area contributed by atoms with Gasteiger partial charge in [-0.15, -0.1) is 0 Å². The van der Waals surface area contributed by atoms with E-state index in [-0.39, 0.29) is 11.3 Å². The molecule has 1 amide bonds. The molecule has 3 aromatic rings. The second kappa shape index (κ2) is 9.06. The minimum atomic E-state index is -0.757.